The van der Waals surface area contributed by atoms with Crippen molar-refractivity contribution in [3.8, 4) is 5.88 Å². The molecule has 1 rings (SSSR count). The van der Waals surface area contributed by atoms with Crippen LogP contribution >= 0.6 is 0 Å². The molecule has 1 aromatic heterocycles. The van der Waals surface area contributed by atoms with Gasteiger partial charge in [0.2, 0.25) is 5.88 Å². The summed E-state index contributed by atoms with van der Waals surface area (Å²) in [7, 11) is 4.85. The normalized spacial score (nSPS) is 12.2. The Kier molecular flexibility index (Phi) is 5.52. The van der Waals surface area contributed by atoms with E-state index in [1.54, 1.807) is 27.4 Å². The van der Waals surface area contributed by atoms with Crippen molar-refractivity contribution < 1.29 is 14.2 Å². The number of nitrogens with one attached hydrogen (secondary N) is 1. The Hall–Kier alpha value is -1.40. The minimum absolute atomic E-state index is 0.00837. The van der Waals surface area contributed by atoms with Crippen molar-refractivity contribution >= 4 is 5.82 Å². The number of rotatable bonds is 7. The summed E-state index contributed by atoms with van der Waals surface area (Å²) in [5.41, 5.74) is 0. The number of anilines is 1. The predicted octanol–water partition coefficient (Wildman–Crippen LogP) is 0.558. The van der Waals surface area contributed by atoms with Crippen LogP contribution < -0.4 is 10.1 Å². The molecule has 0 saturated carbocycles. The molecule has 16 heavy (non-hydrogen) atoms. The average molecular weight is 227 g/mol. The van der Waals surface area contributed by atoms with Crippen LogP contribution in [0.2, 0.25) is 0 Å². The predicted molar refractivity (Wildman–Crippen MR) is 59.7 cm³/mol. The van der Waals surface area contributed by atoms with Gasteiger partial charge < -0.3 is 19.5 Å². The van der Waals surface area contributed by atoms with Gasteiger partial charge in [0.05, 0.1) is 19.8 Å². The summed E-state index contributed by atoms with van der Waals surface area (Å²) in [5.74, 6) is 1.23. The number of methoxy groups -OCH3 is 3. The molecule has 1 N–H and O–H groups in total. The van der Waals surface area contributed by atoms with Crippen LogP contribution in [0.15, 0.2) is 12.4 Å². The van der Waals surface area contributed by atoms with E-state index in [-0.39, 0.29) is 6.10 Å². The first kappa shape index (κ1) is 12.7. The van der Waals surface area contributed by atoms with Crippen LogP contribution in [0.5, 0.6) is 5.88 Å². The Labute approximate surface area is 95.0 Å². The van der Waals surface area contributed by atoms with E-state index >= 15 is 0 Å². The molecule has 90 valence electrons. The first-order valence-electron chi connectivity index (χ1n) is 4.91. The average Bonchev–Trinajstić information content (AvgIpc) is 2.34. The van der Waals surface area contributed by atoms with Gasteiger partial charge in [-0.3, -0.25) is 0 Å². The molecule has 0 aliphatic carbocycles. The van der Waals surface area contributed by atoms with Gasteiger partial charge in [0.25, 0.3) is 0 Å². The van der Waals surface area contributed by atoms with E-state index in [2.05, 4.69) is 15.3 Å². The van der Waals surface area contributed by atoms with Gasteiger partial charge in [-0.2, -0.15) is 0 Å². The first-order chi connectivity index (χ1) is 7.80. The standard InChI is InChI=1S/C10H17N3O3/c1-14-6-8(15-2)5-11-9-4-10(16-3)13-7-12-9/h4,7-8H,5-6H2,1-3H3,(H,11,12,13). The third-order valence-corrected chi connectivity index (χ3v) is 2.05. The second kappa shape index (κ2) is 6.97. The molecule has 0 fully saturated rings. The lowest BCUT2D eigenvalue weighted by Crippen LogP contribution is -2.26. The number of ether oxygens (including phenoxy) is 3. The zero-order valence-electron chi connectivity index (χ0n) is 9.77. The smallest absolute Gasteiger partial charge is 0.218 e. The molecule has 0 amide bonds. The van der Waals surface area contributed by atoms with Crippen molar-refractivity contribution in [1.82, 2.24) is 9.97 Å². The number of hydrogen-bond acceptors (Lipinski definition) is 6. The first-order valence-corrected chi connectivity index (χ1v) is 4.91. The van der Waals surface area contributed by atoms with E-state index in [4.69, 9.17) is 14.2 Å². The Morgan fingerprint density at radius 1 is 1.31 bits per heavy atom. The van der Waals surface area contributed by atoms with Gasteiger partial charge in [0.15, 0.2) is 0 Å². The lowest BCUT2D eigenvalue weighted by molar-refractivity contribution is 0.0365. The van der Waals surface area contributed by atoms with E-state index in [0.717, 1.165) is 0 Å². The molecule has 0 aromatic carbocycles. The maximum Gasteiger partial charge on any atom is 0.218 e. The van der Waals surface area contributed by atoms with Crippen LogP contribution in [0.3, 0.4) is 0 Å². The maximum absolute atomic E-state index is 5.21. The van der Waals surface area contributed by atoms with Gasteiger partial charge in [0, 0.05) is 26.8 Å². The summed E-state index contributed by atoms with van der Waals surface area (Å²) in [6.45, 7) is 1.15. The van der Waals surface area contributed by atoms with Gasteiger partial charge in [-0.1, -0.05) is 0 Å². The molecule has 0 bridgehead atoms. The minimum Gasteiger partial charge on any atom is -0.481 e. The molecule has 1 heterocycles. The monoisotopic (exact) mass is 227 g/mol. The highest BCUT2D eigenvalue weighted by Crippen LogP contribution is 2.10. The Morgan fingerprint density at radius 3 is 2.75 bits per heavy atom. The second-order valence-corrected chi connectivity index (χ2v) is 3.14. The van der Waals surface area contributed by atoms with Crippen molar-refractivity contribution in [2.45, 2.75) is 6.10 Å². The number of aromatic nitrogens is 2. The fourth-order valence-corrected chi connectivity index (χ4v) is 1.16. The van der Waals surface area contributed by atoms with E-state index in [9.17, 15) is 0 Å². The molecule has 0 aliphatic rings. The number of nitrogens with zero attached hydrogens (tertiary/aromatic N) is 2. The molecule has 0 saturated heterocycles. The quantitative estimate of drug-likeness (QED) is 0.734. The van der Waals surface area contributed by atoms with Crippen molar-refractivity contribution in [2.75, 3.05) is 39.8 Å². The van der Waals surface area contributed by atoms with Crippen LogP contribution in [0.1, 0.15) is 0 Å². The Morgan fingerprint density at radius 2 is 2.12 bits per heavy atom. The van der Waals surface area contributed by atoms with Crippen molar-refractivity contribution in [1.29, 1.82) is 0 Å². The van der Waals surface area contributed by atoms with Crippen LogP contribution in [0.4, 0.5) is 5.82 Å². The Balaban J connectivity index is 2.46. The second-order valence-electron chi connectivity index (χ2n) is 3.14. The topological polar surface area (TPSA) is 65.5 Å². The van der Waals surface area contributed by atoms with Gasteiger partial charge in [0.1, 0.15) is 12.1 Å². The summed E-state index contributed by atoms with van der Waals surface area (Å²) in [6.07, 6.45) is 1.44. The van der Waals surface area contributed by atoms with Crippen LogP contribution in [0.25, 0.3) is 0 Å². The lowest BCUT2D eigenvalue weighted by Gasteiger charge is -2.15. The zero-order valence-corrected chi connectivity index (χ0v) is 9.77. The van der Waals surface area contributed by atoms with Gasteiger partial charge in [-0.05, 0) is 0 Å². The molecule has 6 heteroatoms. The zero-order chi connectivity index (χ0) is 11.8. The molecule has 0 spiro atoms. The largest absolute Gasteiger partial charge is 0.481 e. The van der Waals surface area contributed by atoms with E-state index in [1.807, 2.05) is 0 Å². The SMILES string of the molecule is COCC(CNc1cc(OC)ncn1)OC. The number of hydrogen-bond donors (Lipinski definition) is 1. The molecule has 1 unspecified atom stereocenters. The molecule has 0 radical (unpaired) electrons. The highest BCUT2D eigenvalue weighted by Gasteiger charge is 2.07. The van der Waals surface area contributed by atoms with Crippen LogP contribution in [-0.4, -0.2) is 50.6 Å². The van der Waals surface area contributed by atoms with Crippen molar-refractivity contribution in [2.24, 2.45) is 0 Å². The molecule has 1 aromatic rings. The third-order valence-electron chi connectivity index (χ3n) is 2.05. The lowest BCUT2D eigenvalue weighted by atomic mass is 10.3. The summed E-state index contributed by atoms with van der Waals surface area (Å²) in [5, 5.41) is 3.12. The van der Waals surface area contributed by atoms with E-state index in [0.29, 0.717) is 24.8 Å². The summed E-state index contributed by atoms with van der Waals surface area (Å²) < 4.78 is 15.2. The highest BCUT2D eigenvalue weighted by molar-refractivity contribution is 5.37. The molecule has 0 aliphatic heterocycles. The molecular formula is C10H17N3O3. The van der Waals surface area contributed by atoms with Gasteiger partial charge >= 0.3 is 0 Å². The highest BCUT2D eigenvalue weighted by atomic mass is 16.5. The fraction of sp³-hybridized carbons (Fsp3) is 0.600. The molecule has 1 atom stereocenters. The van der Waals surface area contributed by atoms with E-state index < -0.39 is 0 Å². The third kappa shape index (κ3) is 4.00. The fourth-order valence-electron chi connectivity index (χ4n) is 1.16. The van der Waals surface area contributed by atoms with Gasteiger partial charge in [-0.15, -0.1) is 0 Å². The molecule has 6 nitrogen and oxygen atoms in total. The minimum atomic E-state index is -0.00837. The summed E-state index contributed by atoms with van der Waals surface area (Å²) >= 11 is 0. The summed E-state index contributed by atoms with van der Waals surface area (Å²) in [6, 6.07) is 1.72. The Bertz CT molecular complexity index is 309. The molecular weight excluding hydrogens is 210 g/mol. The van der Waals surface area contributed by atoms with Crippen molar-refractivity contribution in [3.63, 3.8) is 0 Å². The van der Waals surface area contributed by atoms with Crippen LogP contribution in [-0.2, 0) is 9.47 Å². The maximum atomic E-state index is 5.21. The van der Waals surface area contributed by atoms with Crippen LogP contribution in [0, 0.1) is 0 Å². The van der Waals surface area contributed by atoms with Crippen molar-refractivity contribution in [3.05, 3.63) is 12.4 Å². The summed E-state index contributed by atoms with van der Waals surface area (Å²) in [4.78, 5) is 7.97. The van der Waals surface area contributed by atoms with E-state index in [1.165, 1.54) is 6.33 Å². The van der Waals surface area contributed by atoms with Gasteiger partial charge in [-0.25, -0.2) is 9.97 Å².